The third-order valence-corrected chi connectivity index (χ3v) is 3.00. The topological polar surface area (TPSA) is 87.3 Å². The molecular formula is C15H14F3N3O3. The molecule has 0 radical (unpaired) electrons. The predicted octanol–water partition coefficient (Wildman–Crippen LogP) is 2.87. The van der Waals surface area contributed by atoms with E-state index in [1.165, 1.54) is 31.3 Å². The van der Waals surface area contributed by atoms with Crippen LogP contribution >= 0.6 is 0 Å². The maximum atomic E-state index is 12.2. The Morgan fingerprint density at radius 2 is 2.00 bits per heavy atom. The highest BCUT2D eigenvalue weighted by Gasteiger charge is 2.31. The Labute approximate surface area is 135 Å². The van der Waals surface area contributed by atoms with E-state index in [0.29, 0.717) is 16.7 Å². The van der Waals surface area contributed by atoms with Crippen molar-refractivity contribution in [3.8, 4) is 16.9 Å². The van der Waals surface area contributed by atoms with Gasteiger partial charge in [-0.15, -0.1) is 13.2 Å². The first-order valence-electron chi connectivity index (χ1n) is 6.78. The summed E-state index contributed by atoms with van der Waals surface area (Å²) in [6.45, 7) is 2.84. The Hall–Kier alpha value is -2.68. The molecule has 0 aliphatic carbocycles. The Morgan fingerprint density at radius 3 is 2.58 bits per heavy atom. The minimum absolute atomic E-state index is 0.220. The van der Waals surface area contributed by atoms with Gasteiger partial charge in [-0.05, 0) is 36.2 Å². The molecule has 1 unspecified atom stereocenters. The van der Waals surface area contributed by atoms with Crippen LogP contribution in [0.2, 0.25) is 0 Å². The monoisotopic (exact) mass is 341 g/mol. The van der Waals surface area contributed by atoms with Gasteiger partial charge in [-0.1, -0.05) is 6.07 Å². The van der Waals surface area contributed by atoms with Gasteiger partial charge in [-0.3, -0.25) is 10.5 Å². The zero-order chi connectivity index (χ0) is 17.9. The quantitative estimate of drug-likeness (QED) is 0.680. The van der Waals surface area contributed by atoms with Gasteiger partial charge < -0.3 is 9.47 Å². The zero-order valence-corrected chi connectivity index (χ0v) is 12.8. The van der Waals surface area contributed by atoms with E-state index in [4.69, 9.17) is 10.5 Å². The lowest BCUT2D eigenvalue weighted by atomic mass is 10.0. The number of carbonyl (C=O) groups excluding carboxylic acids is 1. The van der Waals surface area contributed by atoms with Crippen molar-refractivity contribution in [3.05, 3.63) is 41.7 Å². The van der Waals surface area contributed by atoms with Gasteiger partial charge in [0, 0.05) is 12.5 Å². The molecule has 1 heterocycles. The molecule has 2 rings (SSSR count). The van der Waals surface area contributed by atoms with E-state index in [9.17, 15) is 18.0 Å². The average Bonchev–Trinajstić information content (AvgIpc) is 2.45. The van der Waals surface area contributed by atoms with Crippen molar-refractivity contribution in [3.63, 3.8) is 0 Å². The second kappa shape index (κ2) is 6.83. The Morgan fingerprint density at radius 1 is 1.29 bits per heavy atom. The van der Waals surface area contributed by atoms with E-state index < -0.39 is 18.6 Å². The number of carbonyl (C=O) groups is 1. The fourth-order valence-corrected chi connectivity index (χ4v) is 2.07. The smallest absolute Gasteiger partial charge is 0.441 e. The first kappa shape index (κ1) is 17.7. The van der Waals surface area contributed by atoms with Gasteiger partial charge >= 0.3 is 12.3 Å². The molecule has 0 spiro atoms. The van der Waals surface area contributed by atoms with Crippen LogP contribution in [0.15, 0.2) is 30.5 Å². The van der Waals surface area contributed by atoms with Crippen molar-refractivity contribution in [2.45, 2.75) is 26.4 Å². The molecule has 2 aromatic rings. The minimum atomic E-state index is -4.75. The van der Waals surface area contributed by atoms with Crippen LogP contribution in [0.5, 0.6) is 5.75 Å². The summed E-state index contributed by atoms with van der Waals surface area (Å²) in [5.74, 6) is -0.887. The summed E-state index contributed by atoms with van der Waals surface area (Å²) in [4.78, 5) is 10.9. The van der Waals surface area contributed by atoms with E-state index in [1.807, 2.05) is 0 Å². The van der Waals surface area contributed by atoms with Crippen LogP contribution in [-0.2, 0) is 9.53 Å². The molecule has 0 aliphatic rings. The van der Waals surface area contributed by atoms with E-state index >= 15 is 0 Å². The molecular weight excluding hydrogens is 327 g/mol. The van der Waals surface area contributed by atoms with Crippen molar-refractivity contribution >= 4 is 5.97 Å². The molecule has 128 valence electrons. The Bertz CT molecular complexity index is 750. The fourth-order valence-electron chi connectivity index (χ4n) is 2.07. The number of esters is 1. The van der Waals surface area contributed by atoms with Gasteiger partial charge in [0.05, 0.1) is 6.20 Å². The summed E-state index contributed by atoms with van der Waals surface area (Å²) in [5, 5.41) is 7.57. The number of nitrogens with two attached hydrogens (primary N) is 1. The molecule has 1 atom stereocenters. The molecule has 6 nitrogen and oxygen atoms in total. The first-order valence-corrected chi connectivity index (χ1v) is 6.78. The third kappa shape index (κ3) is 4.66. The molecule has 24 heavy (non-hydrogen) atoms. The van der Waals surface area contributed by atoms with Gasteiger partial charge in [0.25, 0.3) is 0 Å². The highest BCUT2D eigenvalue weighted by atomic mass is 19.4. The third-order valence-electron chi connectivity index (χ3n) is 3.00. The summed E-state index contributed by atoms with van der Waals surface area (Å²) in [5.41, 5.74) is 7.63. The molecule has 0 bridgehead atoms. The number of benzene rings is 1. The summed E-state index contributed by atoms with van der Waals surface area (Å²) in [7, 11) is 0. The first-order chi connectivity index (χ1) is 11.2. The van der Waals surface area contributed by atoms with Crippen molar-refractivity contribution in [1.29, 1.82) is 0 Å². The molecule has 0 fully saturated rings. The highest BCUT2D eigenvalue weighted by molar-refractivity contribution is 5.68. The zero-order valence-electron chi connectivity index (χ0n) is 12.8. The maximum absolute atomic E-state index is 12.2. The van der Waals surface area contributed by atoms with Crippen molar-refractivity contribution in [1.82, 2.24) is 10.2 Å². The van der Waals surface area contributed by atoms with Crippen LogP contribution < -0.4 is 10.5 Å². The van der Waals surface area contributed by atoms with Gasteiger partial charge in [0.15, 0.2) is 6.23 Å². The molecule has 2 N–H and O–H groups in total. The SMILES string of the molecule is CC(=O)OC(N)c1cc(-c2ccc(OC(F)(F)F)cc2C)cnn1. The molecule has 0 amide bonds. The van der Waals surface area contributed by atoms with E-state index in [1.54, 1.807) is 13.0 Å². The Kier molecular flexibility index (Phi) is 5.03. The fraction of sp³-hybridized carbons (Fsp3) is 0.267. The predicted molar refractivity (Wildman–Crippen MR) is 77.6 cm³/mol. The normalized spacial score (nSPS) is 12.6. The number of aromatic nitrogens is 2. The standard InChI is InChI=1S/C15H14F3N3O3/c1-8-5-11(24-15(16,17)18)3-4-12(8)10-6-13(21-20-7-10)14(19)23-9(2)22/h3-7,14H,19H2,1-2H3. The average molecular weight is 341 g/mol. The summed E-state index contributed by atoms with van der Waals surface area (Å²) in [6, 6.07) is 5.47. The van der Waals surface area contributed by atoms with Crippen LogP contribution in [0.4, 0.5) is 13.2 Å². The van der Waals surface area contributed by atoms with E-state index in [2.05, 4.69) is 14.9 Å². The van der Waals surface area contributed by atoms with E-state index in [-0.39, 0.29) is 11.4 Å². The molecule has 0 aliphatic heterocycles. The number of ether oxygens (including phenoxy) is 2. The number of rotatable bonds is 4. The number of halogens is 3. The summed E-state index contributed by atoms with van der Waals surface area (Å²) < 4.78 is 45.4. The lowest BCUT2D eigenvalue weighted by Crippen LogP contribution is -2.19. The van der Waals surface area contributed by atoms with Crippen molar-refractivity contribution in [2.75, 3.05) is 0 Å². The van der Waals surface area contributed by atoms with E-state index in [0.717, 1.165) is 0 Å². The Balaban J connectivity index is 2.30. The summed E-state index contributed by atoms with van der Waals surface area (Å²) >= 11 is 0. The van der Waals surface area contributed by atoms with Crippen LogP contribution in [0.25, 0.3) is 11.1 Å². The molecule has 0 saturated heterocycles. The van der Waals surface area contributed by atoms with Crippen molar-refractivity contribution in [2.24, 2.45) is 5.73 Å². The number of nitrogens with zero attached hydrogens (tertiary/aromatic N) is 2. The largest absolute Gasteiger partial charge is 0.573 e. The van der Waals surface area contributed by atoms with Crippen LogP contribution in [-0.4, -0.2) is 22.5 Å². The number of hydrogen-bond donors (Lipinski definition) is 1. The van der Waals surface area contributed by atoms with Crippen LogP contribution in [0, 0.1) is 6.92 Å². The second-order valence-electron chi connectivity index (χ2n) is 4.92. The van der Waals surface area contributed by atoms with Gasteiger partial charge in [-0.25, -0.2) is 0 Å². The lowest BCUT2D eigenvalue weighted by molar-refractivity contribution is -0.274. The molecule has 1 aromatic heterocycles. The molecule has 9 heteroatoms. The number of aryl methyl sites for hydroxylation is 1. The van der Waals surface area contributed by atoms with Gasteiger partial charge in [-0.2, -0.15) is 10.2 Å². The van der Waals surface area contributed by atoms with Crippen molar-refractivity contribution < 1.29 is 27.4 Å². The minimum Gasteiger partial charge on any atom is -0.441 e. The highest BCUT2D eigenvalue weighted by Crippen LogP contribution is 2.30. The molecule has 1 aromatic carbocycles. The number of alkyl halides is 3. The maximum Gasteiger partial charge on any atom is 0.573 e. The van der Waals surface area contributed by atoms with Crippen LogP contribution in [0.1, 0.15) is 24.4 Å². The van der Waals surface area contributed by atoms with Gasteiger partial charge in [0.1, 0.15) is 11.4 Å². The summed E-state index contributed by atoms with van der Waals surface area (Å²) in [6.07, 6.45) is -4.41. The lowest BCUT2D eigenvalue weighted by Gasteiger charge is -2.13. The molecule has 0 saturated carbocycles. The van der Waals surface area contributed by atoms with Crippen LogP contribution in [0.3, 0.4) is 0 Å². The second-order valence-corrected chi connectivity index (χ2v) is 4.92. The number of hydrogen-bond acceptors (Lipinski definition) is 6. The van der Waals surface area contributed by atoms with Gasteiger partial charge in [0.2, 0.25) is 0 Å².